The number of hydrogen-bond acceptors (Lipinski definition) is 7. The SMILES string of the molecule is CCCc1nnc(C(Cc2ccc(-c3cccc(CN(C)C(=O)c4ccc5cc(C(=O)OC)ccc5c4)c3)cc2)OCC)o1. The third kappa shape index (κ3) is 7.21. The van der Waals surface area contributed by atoms with Gasteiger partial charge in [0.15, 0.2) is 0 Å². The maximum absolute atomic E-state index is 13.3. The Labute approximate surface area is 257 Å². The highest BCUT2D eigenvalue weighted by molar-refractivity contribution is 6.00. The van der Waals surface area contributed by atoms with Crippen LogP contribution in [0, 0.1) is 0 Å². The van der Waals surface area contributed by atoms with Crippen molar-refractivity contribution in [2.45, 2.75) is 45.8 Å². The molecule has 0 radical (unpaired) electrons. The van der Waals surface area contributed by atoms with E-state index >= 15 is 0 Å². The number of aromatic nitrogens is 2. The Balaban J connectivity index is 1.25. The number of esters is 1. The number of carbonyl (C=O) groups excluding carboxylic acids is 2. The molecule has 1 aromatic heterocycles. The van der Waals surface area contributed by atoms with Gasteiger partial charge < -0.3 is 18.8 Å². The van der Waals surface area contributed by atoms with Crippen molar-refractivity contribution in [2.75, 3.05) is 20.8 Å². The average molecular weight is 592 g/mol. The minimum absolute atomic E-state index is 0.0781. The van der Waals surface area contributed by atoms with Crippen molar-refractivity contribution in [1.82, 2.24) is 15.1 Å². The van der Waals surface area contributed by atoms with Gasteiger partial charge in [0.05, 0.1) is 12.7 Å². The molecule has 1 heterocycles. The predicted molar refractivity (Wildman–Crippen MR) is 169 cm³/mol. The Hall–Kier alpha value is -4.82. The van der Waals surface area contributed by atoms with Crippen molar-refractivity contribution in [3.8, 4) is 11.1 Å². The zero-order valence-corrected chi connectivity index (χ0v) is 25.6. The van der Waals surface area contributed by atoms with Gasteiger partial charge in [0, 0.05) is 38.6 Å². The minimum atomic E-state index is -0.388. The first-order chi connectivity index (χ1) is 21.4. The van der Waals surface area contributed by atoms with Gasteiger partial charge in [-0.05, 0) is 76.7 Å². The molecule has 0 N–H and O–H groups in total. The van der Waals surface area contributed by atoms with Gasteiger partial charge in [0.1, 0.15) is 6.10 Å². The van der Waals surface area contributed by atoms with Gasteiger partial charge in [0.2, 0.25) is 11.8 Å². The van der Waals surface area contributed by atoms with E-state index < -0.39 is 0 Å². The molecule has 0 aliphatic rings. The second kappa shape index (κ2) is 14.1. The topological polar surface area (TPSA) is 94.8 Å². The molecule has 0 aliphatic heterocycles. The summed E-state index contributed by atoms with van der Waals surface area (Å²) in [4.78, 5) is 26.9. The van der Waals surface area contributed by atoms with Crippen LogP contribution in [0.15, 0.2) is 89.3 Å². The third-order valence-electron chi connectivity index (χ3n) is 7.50. The van der Waals surface area contributed by atoms with Crippen LogP contribution in [-0.4, -0.2) is 47.7 Å². The van der Waals surface area contributed by atoms with E-state index in [0.29, 0.717) is 42.5 Å². The van der Waals surface area contributed by atoms with Gasteiger partial charge in [-0.15, -0.1) is 10.2 Å². The van der Waals surface area contributed by atoms with Gasteiger partial charge in [-0.1, -0.05) is 61.5 Å². The van der Waals surface area contributed by atoms with Crippen LogP contribution in [0.1, 0.15) is 70.0 Å². The summed E-state index contributed by atoms with van der Waals surface area (Å²) >= 11 is 0. The molecule has 44 heavy (non-hydrogen) atoms. The van der Waals surface area contributed by atoms with Crippen molar-refractivity contribution >= 4 is 22.6 Å². The molecule has 8 nitrogen and oxygen atoms in total. The van der Waals surface area contributed by atoms with Crippen LogP contribution in [-0.2, 0) is 28.9 Å². The minimum Gasteiger partial charge on any atom is -0.465 e. The fraction of sp³-hybridized carbons (Fsp3) is 0.278. The number of carbonyl (C=O) groups is 2. The maximum Gasteiger partial charge on any atom is 0.337 e. The van der Waals surface area contributed by atoms with E-state index in [1.807, 2.05) is 37.3 Å². The summed E-state index contributed by atoms with van der Waals surface area (Å²) < 4.78 is 16.6. The van der Waals surface area contributed by atoms with Crippen molar-refractivity contribution < 1.29 is 23.5 Å². The Bertz CT molecular complexity index is 1740. The summed E-state index contributed by atoms with van der Waals surface area (Å²) in [5.74, 6) is 0.691. The first-order valence-electron chi connectivity index (χ1n) is 14.9. The number of ether oxygens (including phenoxy) is 2. The van der Waals surface area contributed by atoms with Crippen LogP contribution in [0.2, 0.25) is 0 Å². The van der Waals surface area contributed by atoms with Crippen LogP contribution in [0.25, 0.3) is 21.9 Å². The van der Waals surface area contributed by atoms with Gasteiger partial charge in [-0.3, -0.25) is 4.79 Å². The van der Waals surface area contributed by atoms with Crippen LogP contribution >= 0.6 is 0 Å². The summed E-state index contributed by atoms with van der Waals surface area (Å²) in [6.07, 6.45) is 2.05. The third-order valence-corrected chi connectivity index (χ3v) is 7.50. The van der Waals surface area contributed by atoms with E-state index in [1.54, 1.807) is 30.1 Å². The molecule has 0 fully saturated rings. The van der Waals surface area contributed by atoms with Crippen molar-refractivity contribution in [2.24, 2.45) is 0 Å². The highest BCUT2D eigenvalue weighted by Crippen LogP contribution is 2.26. The highest BCUT2D eigenvalue weighted by atomic mass is 16.5. The Morgan fingerprint density at radius 1 is 0.841 bits per heavy atom. The van der Waals surface area contributed by atoms with Gasteiger partial charge in [-0.2, -0.15) is 0 Å². The average Bonchev–Trinajstić information content (AvgIpc) is 3.52. The fourth-order valence-corrected chi connectivity index (χ4v) is 5.22. The quantitative estimate of drug-likeness (QED) is 0.141. The lowest BCUT2D eigenvalue weighted by molar-refractivity contribution is 0.0422. The van der Waals surface area contributed by atoms with Gasteiger partial charge in [-0.25, -0.2) is 4.79 Å². The molecule has 8 heteroatoms. The molecular formula is C36H37N3O5. The Morgan fingerprint density at radius 2 is 1.57 bits per heavy atom. The van der Waals surface area contributed by atoms with E-state index in [9.17, 15) is 9.59 Å². The summed E-state index contributed by atoms with van der Waals surface area (Å²) in [6.45, 7) is 5.06. The smallest absolute Gasteiger partial charge is 0.337 e. The Morgan fingerprint density at radius 3 is 2.27 bits per heavy atom. The highest BCUT2D eigenvalue weighted by Gasteiger charge is 2.20. The second-order valence-electron chi connectivity index (χ2n) is 10.8. The standard InChI is InChI=1S/C36H37N3O5/c1-5-8-33-37-38-34(44-33)32(43-6-2)20-24-11-13-26(14-12-24)27-10-7-9-25(19-27)23-39(3)35(40)30-17-15-29-22-31(36(41)42-4)18-16-28(29)21-30/h7,9-19,21-22,32H,5-6,8,20,23H2,1-4H3. The number of fused-ring (bicyclic) bond motifs is 1. The molecule has 1 unspecified atom stereocenters. The molecule has 0 aliphatic carbocycles. The van der Waals surface area contributed by atoms with Crippen LogP contribution in [0.5, 0.6) is 0 Å². The van der Waals surface area contributed by atoms with E-state index in [1.165, 1.54) is 7.11 Å². The molecule has 0 bridgehead atoms. The van der Waals surface area contributed by atoms with E-state index in [0.717, 1.165) is 45.9 Å². The molecule has 0 saturated carbocycles. The zero-order chi connectivity index (χ0) is 31.1. The van der Waals surface area contributed by atoms with E-state index in [2.05, 4.69) is 53.5 Å². The molecular weight excluding hydrogens is 554 g/mol. The van der Waals surface area contributed by atoms with E-state index in [-0.39, 0.29) is 18.0 Å². The number of amides is 1. The summed E-state index contributed by atoms with van der Waals surface area (Å²) in [5.41, 5.74) is 5.36. The molecule has 4 aromatic carbocycles. The first kappa shape index (κ1) is 30.6. The van der Waals surface area contributed by atoms with Crippen molar-refractivity contribution in [3.63, 3.8) is 0 Å². The normalized spacial score (nSPS) is 11.8. The predicted octanol–water partition coefficient (Wildman–Crippen LogP) is 7.22. The molecule has 5 aromatic rings. The molecule has 1 amide bonds. The number of hydrogen-bond donors (Lipinski definition) is 0. The molecule has 0 saturated heterocycles. The second-order valence-corrected chi connectivity index (χ2v) is 10.8. The molecule has 0 spiro atoms. The van der Waals surface area contributed by atoms with Crippen LogP contribution < -0.4 is 0 Å². The number of nitrogens with zero attached hydrogens (tertiary/aromatic N) is 3. The van der Waals surface area contributed by atoms with Crippen LogP contribution in [0.3, 0.4) is 0 Å². The Kier molecular flexibility index (Phi) is 9.82. The monoisotopic (exact) mass is 591 g/mol. The van der Waals surface area contributed by atoms with Crippen molar-refractivity contribution in [3.05, 3.63) is 119 Å². The van der Waals surface area contributed by atoms with Gasteiger partial charge in [0.25, 0.3) is 5.91 Å². The fourth-order valence-electron chi connectivity index (χ4n) is 5.22. The number of rotatable bonds is 12. The lowest BCUT2D eigenvalue weighted by Gasteiger charge is -2.18. The largest absolute Gasteiger partial charge is 0.465 e. The molecule has 1 atom stereocenters. The lowest BCUT2D eigenvalue weighted by atomic mass is 9.99. The number of aryl methyl sites for hydroxylation is 1. The summed E-state index contributed by atoms with van der Waals surface area (Å²) in [5, 5.41) is 10.1. The van der Waals surface area contributed by atoms with Crippen LogP contribution in [0.4, 0.5) is 0 Å². The molecule has 226 valence electrons. The zero-order valence-electron chi connectivity index (χ0n) is 25.6. The van der Waals surface area contributed by atoms with Gasteiger partial charge >= 0.3 is 5.97 Å². The summed E-state index contributed by atoms with van der Waals surface area (Å²) in [7, 11) is 3.16. The molecule has 5 rings (SSSR count). The summed E-state index contributed by atoms with van der Waals surface area (Å²) in [6, 6.07) is 27.4. The first-order valence-corrected chi connectivity index (χ1v) is 14.9. The maximum atomic E-state index is 13.3. The number of benzene rings is 4. The van der Waals surface area contributed by atoms with E-state index in [4.69, 9.17) is 13.9 Å². The lowest BCUT2D eigenvalue weighted by Crippen LogP contribution is -2.26. The van der Waals surface area contributed by atoms with Crippen molar-refractivity contribution in [1.29, 1.82) is 0 Å². The number of methoxy groups -OCH3 is 1.